The first kappa shape index (κ1) is 14.5. The molecular weight excluding hydrogens is 308 g/mol. The molecule has 1 amide bonds. The topological polar surface area (TPSA) is 66.9 Å². The van der Waals surface area contributed by atoms with E-state index < -0.39 is 0 Å². The second-order valence-electron chi connectivity index (χ2n) is 5.37. The fourth-order valence-electron chi connectivity index (χ4n) is 2.76. The highest BCUT2D eigenvalue weighted by Gasteiger charge is 2.23. The molecule has 1 aliphatic carbocycles. The number of halogens is 1. The minimum absolute atomic E-state index is 0.264. The van der Waals surface area contributed by atoms with Crippen molar-refractivity contribution in [1.82, 2.24) is 15.3 Å². The van der Waals surface area contributed by atoms with Crippen LogP contribution in [0.15, 0.2) is 0 Å². The van der Waals surface area contributed by atoms with Crippen molar-refractivity contribution in [1.29, 1.82) is 0 Å². The van der Waals surface area contributed by atoms with Crippen LogP contribution in [0.4, 0.5) is 5.82 Å². The highest BCUT2D eigenvalue weighted by molar-refractivity contribution is 7.19. The van der Waals surface area contributed by atoms with E-state index in [9.17, 15) is 4.79 Å². The Bertz CT molecular complexity index is 673. The second-order valence-corrected chi connectivity index (χ2v) is 6.79. The van der Waals surface area contributed by atoms with Gasteiger partial charge in [-0.25, -0.2) is 9.97 Å². The number of anilines is 1. The van der Waals surface area contributed by atoms with Crippen molar-refractivity contribution in [2.75, 3.05) is 18.4 Å². The van der Waals surface area contributed by atoms with Gasteiger partial charge < -0.3 is 10.6 Å². The molecule has 112 valence electrons. The average Bonchev–Trinajstić information content (AvgIpc) is 2.80. The highest BCUT2D eigenvalue weighted by Crippen LogP contribution is 2.40. The summed E-state index contributed by atoms with van der Waals surface area (Å²) >= 11 is 7.76. The lowest BCUT2D eigenvalue weighted by Gasteiger charge is -2.18. The zero-order chi connectivity index (χ0) is 14.8. The maximum atomic E-state index is 10.3. The molecule has 5 nitrogen and oxygen atoms in total. The molecule has 1 atom stereocenters. The third kappa shape index (κ3) is 2.96. The minimum atomic E-state index is 0.264. The number of aryl methyl sites for hydroxylation is 1. The number of rotatable bonds is 5. The van der Waals surface area contributed by atoms with Gasteiger partial charge in [-0.15, -0.1) is 11.3 Å². The van der Waals surface area contributed by atoms with Crippen LogP contribution in [0.1, 0.15) is 23.8 Å². The molecule has 2 heterocycles. The molecule has 3 rings (SSSR count). The second kappa shape index (κ2) is 6.15. The van der Waals surface area contributed by atoms with Crippen molar-refractivity contribution >= 4 is 45.4 Å². The van der Waals surface area contributed by atoms with Gasteiger partial charge in [-0.2, -0.15) is 0 Å². The normalized spacial score (nSPS) is 17.5. The van der Waals surface area contributed by atoms with Gasteiger partial charge in [0.2, 0.25) is 11.7 Å². The lowest BCUT2D eigenvalue weighted by Crippen LogP contribution is -2.21. The molecule has 0 bridgehead atoms. The Hall–Kier alpha value is -1.40. The Morgan fingerprint density at radius 1 is 1.43 bits per heavy atom. The number of thiophene rings is 1. The molecule has 2 aromatic rings. The Morgan fingerprint density at radius 2 is 2.29 bits per heavy atom. The number of nitrogens with one attached hydrogen (secondary N) is 2. The van der Waals surface area contributed by atoms with Crippen LogP contribution in [-0.2, 0) is 17.6 Å². The maximum absolute atomic E-state index is 10.3. The van der Waals surface area contributed by atoms with Crippen LogP contribution in [-0.4, -0.2) is 29.5 Å². The molecule has 0 radical (unpaired) electrons. The summed E-state index contributed by atoms with van der Waals surface area (Å²) < 4.78 is 0. The molecule has 7 heteroatoms. The molecule has 1 unspecified atom stereocenters. The van der Waals surface area contributed by atoms with Crippen LogP contribution in [0.3, 0.4) is 0 Å². The fourth-order valence-corrected chi connectivity index (χ4v) is 4.36. The molecule has 0 saturated carbocycles. The summed E-state index contributed by atoms with van der Waals surface area (Å²) in [5.41, 5.74) is 1.37. The minimum Gasteiger partial charge on any atom is -0.368 e. The van der Waals surface area contributed by atoms with Crippen LogP contribution < -0.4 is 10.6 Å². The van der Waals surface area contributed by atoms with E-state index in [1.54, 1.807) is 11.3 Å². The summed E-state index contributed by atoms with van der Waals surface area (Å²) in [6, 6.07) is 0. The standard InChI is InChI=1S/C14H17ClN4OS/c1-8-2-3-9-10(6-8)21-13-11(9)12(18-14(15)19-13)17-5-4-16-7-20/h7-8H,2-6H2,1H3,(H,16,20)(H,17,18,19). The molecular formula is C14H17ClN4OS. The Kier molecular flexibility index (Phi) is 4.26. The largest absolute Gasteiger partial charge is 0.368 e. The molecule has 0 aromatic carbocycles. The highest BCUT2D eigenvalue weighted by atomic mass is 35.5. The molecule has 2 N–H and O–H groups in total. The predicted molar refractivity (Wildman–Crippen MR) is 86.2 cm³/mol. The summed E-state index contributed by atoms with van der Waals surface area (Å²) in [6.45, 7) is 3.45. The van der Waals surface area contributed by atoms with E-state index in [0.29, 0.717) is 19.5 Å². The van der Waals surface area contributed by atoms with Crippen molar-refractivity contribution < 1.29 is 4.79 Å². The third-order valence-corrected chi connectivity index (χ3v) is 5.09. The first-order valence-corrected chi connectivity index (χ1v) is 8.27. The molecule has 0 aliphatic heterocycles. The van der Waals surface area contributed by atoms with E-state index in [4.69, 9.17) is 11.6 Å². The van der Waals surface area contributed by atoms with Crippen molar-refractivity contribution in [3.63, 3.8) is 0 Å². The molecule has 1 aliphatic rings. The first-order valence-electron chi connectivity index (χ1n) is 7.07. The van der Waals surface area contributed by atoms with E-state index in [2.05, 4.69) is 27.5 Å². The van der Waals surface area contributed by atoms with Gasteiger partial charge in [0, 0.05) is 18.0 Å². The molecule has 0 fully saturated rings. The van der Waals surface area contributed by atoms with Crippen LogP contribution in [0.25, 0.3) is 10.2 Å². The van der Waals surface area contributed by atoms with E-state index in [0.717, 1.165) is 34.8 Å². The quantitative estimate of drug-likeness (QED) is 0.504. The monoisotopic (exact) mass is 324 g/mol. The predicted octanol–water partition coefficient (Wildman–Crippen LogP) is 2.63. The summed E-state index contributed by atoms with van der Waals surface area (Å²) in [7, 11) is 0. The number of hydrogen-bond acceptors (Lipinski definition) is 5. The van der Waals surface area contributed by atoms with Gasteiger partial charge in [-0.05, 0) is 42.3 Å². The Morgan fingerprint density at radius 3 is 3.10 bits per heavy atom. The first-order chi connectivity index (χ1) is 10.2. The Labute approximate surface area is 132 Å². The van der Waals surface area contributed by atoms with E-state index in [1.165, 1.54) is 16.9 Å². The SMILES string of the molecule is CC1CCc2c(sc3nc(Cl)nc(NCCNC=O)c23)C1. The molecule has 0 spiro atoms. The van der Waals surface area contributed by atoms with Crippen molar-refractivity contribution in [2.45, 2.75) is 26.2 Å². The summed E-state index contributed by atoms with van der Waals surface area (Å²) in [6.07, 6.45) is 4.08. The molecule has 0 saturated heterocycles. The number of aromatic nitrogens is 2. The van der Waals surface area contributed by atoms with E-state index in [-0.39, 0.29) is 5.28 Å². The van der Waals surface area contributed by atoms with Crippen LogP contribution >= 0.6 is 22.9 Å². The summed E-state index contributed by atoms with van der Waals surface area (Å²) in [5.74, 6) is 1.51. The number of carbonyl (C=O) groups excluding carboxylic acids is 1. The van der Waals surface area contributed by atoms with Gasteiger partial charge in [0.1, 0.15) is 10.6 Å². The summed E-state index contributed by atoms with van der Waals surface area (Å²) in [5, 5.41) is 7.26. The zero-order valence-corrected chi connectivity index (χ0v) is 13.4. The average molecular weight is 325 g/mol. The van der Waals surface area contributed by atoms with E-state index >= 15 is 0 Å². The number of nitrogens with zero attached hydrogens (tertiary/aromatic N) is 2. The van der Waals surface area contributed by atoms with Gasteiger partial charge in [0.05, 0.1) is 5.39 Å². The lowest BCUT2D eigenvalue weighted by atomic mass is 9.89. The van der Waals surface area contributed by atoms with Crippen molar-refractivity contribution in [3.05, 3.63) is 15.7 Å². The fraction of sp³-hybridized carbons (Fsp3) is 0.500. The van der Waals surface area contributed by atoms with Crippen LogP contribution in [0.2, 0.25) is 5.28 Å². The van der Waals surface area contributed by atoms with E-state index in [1.807, 2.05) is 0 Å². The van der Waals surface area contributed by atoms with Crippen molar-refractivity contribution in [2.24, 2.45) is 5.92 Å². The van der Waals surface area contributed by atoms with Crippen LogP contribution in [0.5, 0.6) is 0 Å². The Balaban J connectivity index is 1.96. The smallest absolute Gasteiger partial charge is 0.225 e. The third-order valence-electron chi connectivity index (χ3n) is 3.77. The molecule has 21 heavy (non-hydrogen) atoms. The number of fused-ring (bicyclic) bond motifs is 3. The number of amides is 1. The molecule has 2 aromatic heterocycles. The van der Waals surface area contributed by atoms with Gasteiger partial charge in [-0.1, -0.05) is 6.92 Å². The van der Waals surface area contributed by atoms with Gasteiger partial charge in [0.15, 0.2) is 0 Å². The van der Waals surface area contributed by atoms with Gasteiger partial charge in [0.25, 0.3) is 0 Å². The zero-order valence-electron chi connectivity index (χ0n) is 11.8. The lowest BCUT2D eigenvalue weighted by molar-refractivity contribution is -0.109. The van der Waals surface area contributed by atoms with Gasteiger partial charge in [-0.3, -0.25) is 4.79 Å². The van der Waals surface area contributed by atoms with Crippen molar-refractivity contribution in [3.8, 4) is 0 Å². The number of carbonyl (C=O) groups is 1. The van der Waals surface area contributed by atoms with Gasteiger partial charge >= 0.3 is 0 Å². The summed E-state index contributed by atoms with van der Waals surface area (Å²) in [4.78, 5) is 21.4. The maximum Gasteiger partial charge on any atom is 0.225 e. The van der Waals surface area contributed by atoms with Crippen LogP contribution in [0, 0.1) is 5.92 Å². The number of hydrogen-bond donors (Lipinski definition) is 2.